The number of hydrogen-bond donors (Lipinski definition) is 0. The topological polar surface area (TPSA) is 173 Å². The Kier molecular flexibility index (Phi) is 22.7. The molecule has 0 spiro atoms. The van der Waals surface area contributed by atoms with Crippen LogP contribution in [0.5, 0.6) is 5.75 Å². The van der Waals surface area contributed by atoms with Crippen molar-refractivity contribution in [1.82, 2.24) is 5.06 Å². The molecular weight excluding hydrogens is 782 g/mol. The van der Waals surface area contributed by atoms with Crippen molar-refractivity contribution in [2.45, 2.75) is 52.7 Å². The number of esters is 2. The second kappa shape index (κ2) is 27.3. The van der Waals surface area contributed by atoms with Crippen molar-refractivity contribution in [3.05, 3.63) is 76.9 Å². The molecule has 16 heteroatoms. The first-order valence-electron chi connectivity index (χ1n) is 20.0. The summed E-state index contributed by atoms with van der Waals surface area (Å²) in [4.78, 5) is 54.2. The van der Waals surface area contributed by atoms with Crippen LogP contribution in [0.15, 0.2) is 54.6 Å². The number of hydroxylamine groups is 2. The Balaban J connectivity index is 1.12. The highest BCUT2D eigenvalue weighted by atomic mass is 16.7. The first kappa shape index (κ1) is 49.8. The van der Waals surface area contributed by atoms with Crippen LogP contribution < -0.4 is 4.74 Å². The number of nitrogens with zero attached hydrogens (tertiary/aromatic N) is 1. The van der Waals surface area contributed by atoms with Crippen molar-refractivity contribution in [1.29, 1.82) is 0 Å². The van der Waals surface area contributed by atoms with E-state index in [9.17, 15) is 19.2 Å². The lowest BCUT2D eigenvalue weighted by Gasteiger charge is -2.18. The molecule has 2 aromatic rings. The summed E-state index contributed by atoms with van der Waals surface area (Å²) in [5, 5.41) is 0.768. The minimum absolute atomic E-state index is 0.0584. The number of hydrogen-bond acceptors (Lipinski definition) is 15. The molecule has 2 amide bonds. The SMILES string of the molecule is CC(C)(C)OC(=O)/C=C/c1ccc(/C=C/C(=O)OC(C)(C)C)c(OCCOCCOCCOCCOCCOCCOCCOCCON2C(=O)c3ccccc3C2=O)c1. The predicted molar refractivity (Wildman–Crippen MR) is 220 cm³/mol. The van der Waals surface area contributed by atoms with E-state index in [1.807, 2.05) is 0 Å². The Bertz CT molecular complexity index is 1640. The Morgan fingerprint density at radius 2 is 0.900 bits per heavy atom. The van der Waals surface area contributed by atoms with Crippen LogP contribution in [0.1, 0.15) is 73.4 Å². The fourth-order valence-electron chi connectivity index (χ4n) is 5.01. The third-order valence-electron chi connectivity index (χ3n) is 7.58. The molecule has 0 aromatic heterocycles. The van der Waals surface area contributed by atoms with Gasteiger partial charge in [0.25, 0.3) is 11.8 Å². The Labute approximate surface area is 352 Å². The molecule has 0 unspecified atom stereocenters. The molecule has 332 valence electrons. The van der Waals surface area contributed by atoms with Crippen molar-refractivity contribution in [3.8, 4) is 5.75 Å². The average Bonchev–Trinajstić information content (AvgIpc) is 3.43. The van der Waals surface area contributed by atoms with Gasteiger partial charge >= 0.3 is 11.9 Å². The Morgan fingerprint density at radius 1 is 0.517 bits per heavy atom. The van der Waals surface area contributed by atoms with Gasteiger partial charge in [-0.1, -0.05) is 24.3 Å². The maximum atomic E-state index is 12.2. The molecule has 1 aliphatic rings. The highest BCUT2D eigenvalue weighted by molar-refractivity contribution is 6.20. The fraction of sp³-hybridized carbons (Fsp3) is 0.545. The van der Waals surface area contributed by atoms with E-state index in [4.69, 9.17) is 52.2 Å². The largest absolute Gasteiger partial charge is 0.491 e. The van der Waals surface area contributed by atoms with Gasteiger partial charge in [0, 0.05) is 17.7 Å². The minimum Gasteiger partial charge on any atom is -0.491 e. The van der Waals surface area contributed by atoms with E-state index in [-0.39, 0.29) is 19.8 Å². The van der Waals surface area contributed by atoms with Crippen LogP contribution >= 0.6 is 0 Å². The van der Waals surface area contributed by atoms with Crippen LogP contribution in [0.3, 0.4) is 0 Å². The van der Waals surface area contributed by atoms with Gasteiger partial charge in [0.15, 0.2) is 0 Å². The minimum atomic E-state index is -0.616. The normalized spacial score (nSPS) is 13.1. The van der Waals surface area contributed by atoms with Gasteiger partial charge in [0.2, 0.25) is 0 Å². The molecular formula is C44H61NO15. The highest BCUT2D eigenvalue weighted by Crippen LogP contribution is 2.24. The average molecular weight is 844 g/mol. The lowest BCUT2D eigenvalue weighted by molar-refractivity contribution is -0.149. The molecule has 0 atom stereocenters. The fourth-order valence-corrected chi connectivity index (χ4v) is 5.01. The molecule has 2 aromatic carbocycles. The van der Waals surface area contributed by atoms with Gasteiger partial charge in [-0.3, -0.25) is 14.4 Å². The maximum Gasteiger partial charge on any atom is 0.331 e. The molecule has 0 radical (unpaired) electrons. The van der Waals surface area contributed by atoms with Crippen LogP contribution in [0, 0.1) is 0 Å². The first-order valence-corrected chi connectivity index (χ1v) is 20.0. The van der Waals surface area contributed by atoms with Gasteiger partial charge in [-0.15, -0.1) is 5.06 Å². The zero-order chi connectivity index (χ0) is 43.6. The zero-order valence-corrected chi connectivity index (χ0v) is 35.7. The van der Waals surface area contributed by atoms with Crippen LogP contribution in [-0.4, -0.2) is 146 Å². The van der Waals surface area contributed by atoms with Gasteiger partial charge in [-0.05, 0) is 77.5 Å². The van der Waals surface area contributed by atoms with Gasteiger partial charge in [-0.2, -0.15) is 0 Å². The van der Waals surface area contributed by atoms with Crippen LogP contribution in [-0.2, 0) is 57.1 Å². The van der Waals surface area contributed by atoms with E-state index in [2.05, 4.69) is 0 Å². The van der Waals surface area contributed by atoms with E-state index in [1.54, 1.807) is 96.2 Å². The summed E-state index contributed by atoms with van der Waals surface area (Å²) < 4.78 is 55.3. The molecule has 3 rings (SSSR count). The number of ether oxygens (including phenoxy) is 10. The standard InChI is InChI=1S/C44H61NO15/c1-43(2,3)59-39(46)15-12-34-11-13-35(14-16-40(47)60-44(4,5)6)38(33-34)57-31-29-55-27-25-53-23-21-51-19-17-50-18-20-52-22-24-54-26-28-56-30-32-58-45-41(48)36-9-7-8-10-37(36)42(45)49/h7-16,33H,17-32H2,1-6H3/b15-12+,16-14+. The molecule has 0 N–H and O–H groups in total. The van der Waals surface area contributed by atoms with Crippen molar-refractivity contribution in [3.63, 3.8) is 0 Å². The van der Waals surface area contributed by atoms with Crippen molar-refractivity contribution in [2.24, 2.45) is 0 Å². The van der Waals surface area contributed by atoms with E-state index >= 15 is 0 Å². The molecule has 0 aliphatic carbocycles. The van der Waals surface area contributed by atoms with E-state index in [0.717, 1.165) is 5.06 Å². The number of carbonyl (C=O) groups is 4. The van der Waals surface area contributed by atoms with E-state index in [0.29, 0.717) is 114 Å². The zero-order valence-electron chi connectivity index (χ0n) is 35.7. The van der Waals surface area contributed by atoms with Gasteiger partial charge in [0.05, 0.1) is 110 Å². The molecule has 0 fully saturated rings. The Morgan fingerprint density at radius 3 is 1.32 bits per heavy atom. The molecule has 0 saturated carbocycles. The molecule has 0 bridgehead atoms. The number of benzene rings is 2. The third-order valence-corrected chi connectivity index (χ3v) is 7.58. The number of fused-ring (bicyclic) bond motifs is 1. The summed E-state index contributed by atoms with van der Waals surface area (Å²) in [6, 6.07) is 11.9. The lowest BCUT2D eigenvalue weighted by atomic mass is 10.1. The summed E-state index contributed by atoms with van der Waals surface area (Å²) in [7, 11) is 0. The monoisotopic (exact) mass is 843 g/mol. The Hall–Kier alpha value is -4.52. The van der Waals surface area contributed by atoms with Crippen molar-refractivity contribution >= 4 is 35.9 Å². The van der Waals surface area contributed by atoms with Gasteiger partial charge in [0.1, 0.15) is 23.6 Å². The number of imide groups is 1. The molecule has 0 saturated heterocycles. The maximum absolute atomic E-state index is 12.2. The molecule has 1 aliphatic heterocycles. The summed E-state index contributed by atoms with van der Waals surface area (Å²) in [5.41, 5.74) is 0.819. The van der Waals surface area contributed by atoms with Crippen LogP contribution in [0.2, 0.25) is 0 Å². The second-order valence-corrected chi connectivity index (χ2v) is 14.9. The third kappa shape index (κ3) is 21.1. The molecule has 1 heterocycles. The summed E-state index contributed by atoms with van der Waals surface area (Å²) in [6.07, 6.45) is 5.96. The first-order chi connectivity index (χ1) is 28.7. The smallest absolute Gasteiger partial charge is 0.331 e. The van der Waals surface area contributed by atoms with Crippen molar-refractivity contribution < 1.29 is 71.4 Å². The van der Waals surface area contributed by atoms with Gasteiger partial charge < -0.3 is 47.4 Å². The van der Waals surface area contributed by atoms with E-state index in [1.165, 1.54) is 12.2 Å². The summed E-state index contributed by atoms with van der Waals surface area (Å²) in [5.74, 6) is -1.37. The second-order valence-electron chi connectivity index (χ2n) is 14.9. The van der Waals surface area contributed by atoms with Crippen LogP contribution in [0.4, 0.5) is 0 Å². The van der Waals surface area contributed by atoms with Crippen LogP contribution in [0.25, 0.3) is 12.2 Å². The van der Waals surface area contributed by atoms with E-state index < -0.39 is 35.0 Å². The van der Waals surface area contributed by atoms with Gasteiger partial charge in [-0.25, -0.2) is 9.59 Å². The molecule has 16 nitrogen and oxygen atoms in total. The predicted octanol–water partition coefficient (Wildman–Crippen LogP) is 5.12. The number of amides is 2. The number of rotatable bonds is 30. The quantitative estimate of drug-likeness (QED) is 0.0439. The summed E-state index contributed by atoms with van der Waals surface area (Å²) in [6.45, 7) is 16.4. The van der Waals surface area contributed by atoms with Crippen molar-refractivity contribution in [2.75, 3.05) is 106 Å². The summed E-state index contributed by atoms with van der Waals surface area (Å²) >= 11 is 0. The highest BCUT2D eigenvalue weighted by Gasteiger charge is 2.36. The lowest BCUT2D eigenvalue weighted by Crippen LogP contribution is -2.31. The molecule has 60 heavy (non-hydrogen) atoms. The number of carbonyl (C=O) groups excluding carboxylic acids is 4.